The van der Waals surface area contributed by atoms with Crippen LogP contribution in [-0.4, -0.2) is 55.8 Å². The van der Waals surface area contributed by atoms with E-state index < -0.39 is 12.5 Å². The van der Waals surface area contributed by atoms with Crippen molar-refractivity contribution in [3.63, 3.8) is 0 Å². The van der Waals surface area contributed by atoms with E-state index in [-0.39, 0.29) is 29.2 Å². The van der Waals surface area contributed by atoms with E-state index in [1.807, 2.05) is 18.2 Å². The molecule has 9 heteroatoms. The van der Waals surface area contributed by atoms with Crippen molar-refractivity contribution in [1.29, 1.82) is 0 Å². The number of halogens is 2. The maximum atomic E-state index is 13.4. The van der Waals surface area contributed by atoms with Crippen LogP contribution in [0.1, 0.15) is 48.9 Å². The molecule has 0 atom stereocenters. The van der Waals surface area contributed by atoms with E-state index in [4.69, 9.17) is 18.6 Å². The maximum Gasteiger partial charge on any atom is 0.387 e. The number of hydrogen-bond acceptors (Lipinski definition) is 6. The van der Waals surface area contributed by atoms with Gasteiger partial charge >= 0.3 is 6.61 Å². The molecule has 0 radical (unpaired) electrons. The second-order valence-corrected chi connectivity index (χ2v) is 10.00. The van der Waals surface area contributed by atoms with Crippen molar-refractivity contribution >= 4 is 16.9 Å². The van der Waals surface area contributed by atoms with Gasteiger partial charge in [0, 0.05) is 29.6 Å². The number of furan rings is 1. The van der Waals surface area contributed by atoms with Crippen LogP contribution in [0.5, 0.6) is 17.2 Å². The summed E-state index contributed by atoms with van der Waals surface area (Å²) in [5.41, 5.74) is 1.87. The average Bonchev–Trinajstić information content (AvgIpc) is 3.76. The molecule has 1 N–H and O–H groups in total. The number of fused-ring (bicyclic) bond motifs is 1. The van der Waals surface area contributed by atoms with Crippen LogP contribution >= 0.6 is 0 Å². The SMILES string of the molecule is O=C(NC1CC1)c1c(OC(F)F)cc(-c2coc3cc(OCCN4CCCC4)ccc23)cc1OC1CC1. The quantitative estimate of drug-likeness (QED) is 0.360. The molecule has 2 heterocycles. The third kappa shape index (κ3) is 5.66. The number of nitrogens with one attached hydrogen (secondary N) is 1. The minimum absolute atomic E-state index is 0.00402. The van der Waals surface area contributed by atoms with Crippen LogP contribution in [0.4, 0.5) is 8.78 Å². The van der Waals surface area contributed by atoms with Crippen LogP contribution in [-0.2, 0) is 0 Å². The van der Waals surface area contributed by atoms with E-state index in [1.54, 1.807) is 12.3 Å². The van der Waals surface area contributed by atoms with Gasteiger partial charge in [-0.05, 0) is 81.4 Å². The average molecular weight is 513 g/mol. The molecule has 37 heavy (non-hydrogen) atoms. The van der Waals surface area contributed by atoms with Gasteiger partial charge in [0.05, 0.1) is 12.4 Å². The molecule has 6 rings (SSSR count). The number of carbonyl (C=O) groups excluding carboxylic acids is 1. The van der Waals surface area contributed by atoms with E-state index in [0.717, 1.165) is 50.7 Å². The van der Waals surface area contributed by atoms with Crippen LogP contribution in [0.3, 0.4) is 0 Å². The normalized spacial score (nSPS) is 17.9. The lowest BCUT2D eigenvalue weighted by Crippen LogP contribution is -2.27. The van der Waals surface area contributed by atoms with Gasteiger partial charge in [-0.3, -0.25) is 9.69 Å². The first kappa shape index (κ1) is 24.0. The maximum absolute atomic E-state index is 13.4. The summed E-state index contributed by atoms with van der Waals surface area (Å²) in [6.07, 6.45) is 7.48. The molecule has 7 nitrogen and oxygen atoms in total. The molecule has 0 bridgehead atoms. The van der Waals surface area contributed by atoms with E-state index in [2.05, 4.69) is 10.2 Å². The Labute approximate surface area is 213 Å². The van der Waals surface area contributed by atoms with E-state index in [0.29, 0.717) is 29.1 Å². The number of benzene rings is 2. The van der Waals surface area contributed by atoms with Gasteiger partial charge in [0.25, 0.3) is 5.91 Å². The van der Waals surface area contributed by atoms with Crippen LogP contribution in [0, 0.1) is 0 Å². The lowest BCUT2D eigenvalue weighted by atomic mass is 10.0. The second-order valence-electron chi connectivity index (χ2n) is 10.00. The summed E-state index contributed by atoms with van der Waals surface area (Å²) >= 11 is 0. The fraction of sp³-hybridized carbons (Fsp3) is 0.464. The Bertz CT molecular complexity index is 1250. The molecular weight excluding hydrogens is 482 g/mol. The smallest absolute Gasteiger partial charge is 0.387 e. The van der Waals surface area contributed by atoms with Gasteiger partial charge in [-0.15, -0.1) is 0 Å². The molecular formula is C28H30F2N2O5. The van der Waals surface area contributed by atoms with E-state index in [1.165, 1.54) is 18.9 Å². The van der Waals surface area contributed by atoms with Crippen LogP contribution < -0.4 is 19.5 Å². The summed E-state index contributed by atoms with van der Waals surface area (Å²) in [4.78, 5) is 15.4. The largest absolute Gasteiger partial charge is 0.492 e. The summed E-state index contributed by atoms with van der Waals surface area (Å²) in [5, 5.41) is 3.66. The first-order chi connectivity index (χ1) is 18.0. The molecule has 1 aliphatic heterocycles. The van der Waals surface area contributed by atoms with Crippen molar-refractivity contribution in [3.8, 4) is 28.4 Å². The van der Waals surface area contributed by atoms with Gasteiger partial charge in [0.15, 0.2) is 0 Å². The Hall–Kier alpha value is -3.33. The molecule has 1 amide bonds. The van der Waals surface area contributed by atoms with Gasteiger partial charge in [0.1, 0.15) is 35.0 Å². The highest BCUT2D eigenvalue weighted by Crippen LogP contribution is 2.42. The number of rotatable bonds is 11. The lowest BCUT2D eigenvalue weighted by Gasteiger charge is -2.17. The summed E-state index contributed by atoms with van der Waals surface area (Å²) in [6.45, 7) is 0.639. The van der Waals surface area contributed by atoms with Gasteiger partial charge < -0.3 is 23.9 Å². The Morgan fingerprint density at radius 1 is 1.08 bits per heavy atom. The molecule has 1 aromatic heterocycles. The topological polar surface area (TPSA) is 73.2 Å². The van der Waals surface area contributed by atoms with Gasteiger partial charge in [-0.1, -0.05) is 0 Å². The lowest BCUT2D eigenvalue weighted by molar-refractivity contribution is -0.0502. The fourth-order valence-corrected chi connectivity index (χ4v) is 4.72. The van der Waals surface area contributed by atoms with Gasteiger partial charge in [-0.25, -0.2) is 0 Å². The Kier molecular flexibility index (Phi) is 6.63. The Balaban J connectivity index is 1.30. The van der Waals surface area contributed by atoms with Gasteiger partial charge in [-0.2, -0.15) is 8.78 Å². The monoisotopic (exact) mass is 512 g/mol. The number of carbonyl (C=O) groups is 1. The standard InChI is InChI=1S/C28H30F2N2O5/c29-28(30)37-25-14-17(13-24(36-19-5-6-19)26(25)27(33)31-18-3-4-18)22-16-35-23-15-20(7-8-21(22)23)34-12-11-32-9-1-2-10-32/h7-8,13-16,18-19,28H,1-6,9-12H2,(H,31,33). The minimum atomic E-state index is -3.09. The zero-order valence-corrected chi connectivity index (χ0v) is 20.5. The fourth-order valence-electron chi connectivity index (χ4n) is 4.72. The van der Waals surface area contributed by atoms with Crippen LogP contribution in [0.25, 0.3) is 22.1 Å². The van der Waals surface area contributed by atoms with E-state index >= 15 is 0 Å². The third-order valence-corrected chi connectivity index (χ3v) is 6.97. The summed E-state index contributed by atoms with van der Waals surface area (Å²) in [6, 6.07) is 8.83. The molecule has 3 fully saturated rings. The zero-order valence-electron chi connectivity index (χ0n) is 20.5. The highest BCUT2D eigenvalue weighted by atomic mass is 19.3. The van der Waals surface area contributed by atoms with Crippen molar-refractivity contribution in [2.75, 3.05) is 26.2 Å². The van der Waals surface area contributed by atoms with Crippen molar-refractivity contribution in [2.24, 2.45) is 0 Å². The summed E-state index contributed by atoms with van der Waals surface area (Å²) < 4.78 is 49.4. The zero-order chi connectivity index (χ0) is 25.4. The van der Waals surface area contributed by atoms with Crippen molar-refractivity contribution in [3.05, 3.63) is 42.2 Å². The third-order valence-electron chi connectivity index (χ3n) is 6.97. The second kappa shape index (κ2) is 10.2. The number of likely N-dealkylation sites (tertiary alicyclic amines) is 1. The highest BCUT2D eigenvalue weighted by molar-refractivity contribution is 6.02. The summed E-state index contributed by atoms with van der Waals surface area (Å²) in [5.74, 6) is 0.273. The predicted octanol–water partition coefficient (Wildman–Crippen LogP) is 5.61. The molecule has 1 saturated heterocycles. The number of ether oxygens (including phenoxy) is 3. The molecule has 2 saturated carbocycles. The van der Waals surface area contributed by atoms with Crippen molar-refractivity contribution < 1.29 is 32.2 Å². The van der Waals surface area contributed by atoms with Crippen LogP contribution in [0.2, 0.25) is 0 Å². The first-order valence-corrected chi connectivity index (χ1v) is 13.0. The Morgan fingerprint density at radius 3 is 2.59 bits per heavy atom. The van der Waals surface area contributed by atoms with Crippen molar-refractivity contribution in [2.45, 2.75) is 57.3 Å². The number of alkyl halides is 2. The number of hydrogen-bond donors (Lipinski definition) is 1. The predicted molar refractivity (Wildman–Crippen MR) is 134 cm³/mol. The number of amides is 1. The Morgan fingerprint density at radius 2 is 1.86 bits per heavy atom. The molecule has 0 unspecified atom stereocenters. The summed E-state index contributed by atoms with van der Waals surface area (Å²) in [7, 11) is 0. The molecule has 2 aliphatic carbocycles. The first-order valence-electron chi connectivity index (χ1n) is 13.0. The molecule has 0 spiro atoms. The highest BCUT2D eigenvalue weighted by Gasteiger charge is 2.32. The van der Waals surface area contributed by atoms with Crippen LogP contribution in [0.15, 0.2) is 41.0 Å². The van der Waals surface area contributed by atoms with E-state index in [9.17, 15) is 13.6 Å². The minimum Gasteiger partial charge on any atom is -0.492 e. The molecule has 3 aliphatic rings. The molecule has 196 valence electrons. The van der Waals surface area contributed by atoms with Crippen molar-refractivity contribution in [1.82, 2.24) is 10.2 Å². The molecule has 3 aromatic rings. The molecule has 2 aromatic carbocycles. The number of nitrogens with zero attached hydrogens (tertiary/aromatic N) is 1. The van der Waals surface area contributed by atoms with Gasteiger partial charge in [0.2, 0.25) is 0 Å².